The molecule has 1 saturated carbocycles. The molecular formula is C15H18N2O4. The van der Waals surface area contributed by atoms with Crippen LogP contribution in [0.4, 0.5) is 10.5 Å². The standard InChI is InChI=1S/C15H18N2O4/c1-15(2)7-12(15)16-14(20)17-8-11(13(18)19)21-10-6-4-3-5-9(10)17/h3-6,11-12H,7-8H2,1-2H3,(H,16,20)(H,18,19). The Morgan fingerprint density at radius 3 is 2.67 bits per heavy atom. The zero-order chi connectivity index (χ0) is 15.2. The van der Waals surface area contributed by atoms with Crippen molar-refractivity contribution in [3.8, 4) is 5.75 Å². The number of carbonyl (C=O) groups is 2. The quantitative estimate of drug-likeness (QED) is 0.871. The monoisotopic (exact) mass is 290 g/mol. The van der Waals surface area contributed by atoms with Crippen molar-refractivity contribution in [2.75, 3.05) is 11.4 Å². The van der Waals surface area contributed by atoms with E-state index in [1.54, 1.807) is 24.3 Å². The topological polar surface area (TPSA) is 78.9 Å². The number of hydrogen-bond donors (Lipinski definition) is 2. The number of nitrogens with one attached hydrogen (secondary N) is 1. The number of carboxylic acids is 1. The van der Waals surface area contributed by atoms with E-state index in [4.69, 9.17) is 9.84 Å². The van der Waals surface area contributed by atoms with Gasteiger partial charge in [0.15, 0.2) is 0 Å². The van der Waals surface area contributed by atoms with E-state index < -0.39 is 12.1 Å². The number of hydrogen-bond acceptors (Lipinski definition) is 3. The highest BCUT2D eigenvalue weighted by Crippen LogP contribution is 2.45. The van der Waals surface area contributed by atoms with Crippen LogP contribution < -0.4 is 15.0 Å². The molecule has 3 rings (SSSR count). The highest BCUT2D eigenvalue weighted by atomic mass is 16.5. The largest absolute Gasteiger partial charge is 0.478 e. The highest BCUT2D eigenvalue weighted by molar-refractivity contribution is 5.95. The first-order chi connectivity index (χ1) is 9.88. The smallest absolute Gasteiger partial charge is 0.346 e. The molecule has 6 heteroatoms. The molecular weight excluding hydrogens is 272 g/mol. The number of para-hydroxylation sites is 2. The van der Waals surface area contributed by atoms with Gasteiger partial charge in [-0.2, -0.15) is 0 Å². The van der Waals surface area contributed by atoms with Crippen LogP contribution in [0.5, 0.6) is 5.75 Å². The molecule has 6 nitrogen and oxygen atoms in total. The van der Waals surface area contributed by atoms with E-state index in [0.717, 1.165) is 6.42 Å². The molecule has 1 aliphatic heterocycles. The van der Waals surface area contributed by atoms with Crippen molar-refractivity contribution < 1.29 is 19.4 Å². The van der Waals surface area contributed by atoms with Gasteiger partial charge in [-0.1, -0.05) is 26.0 Å². The summed E-state index contributed by atoms with van der Waals surface area (Å²) in [7, 11) is 0. The second-order valence-corrected chi connectivity index (χ2v) is 6.22. The average molecular weight is 290 g/mol. The predicted molar refractivity (Wildman–Crippen MR) is 76.6 cm³/mol. The Labute approximate surface area is 122 Å². The van der Waals surface area contributed by atoms with Gasteiger partial charge in [0.25, 0.3) is 0 Å². The first kappa shape index (κ1) is 13.7. The Balaban J connectivity index is 1.82. The second kappa shape index (κ2) is 4.65. The summed E-state index contributed by atoms with van der Waals surface area (Å²) >= 11 is 0. The third-order valence-electron chi connectivity index (χ3n) is 4.11. The SMILES string of the molecule is CC1(C)CC1NC(=O)N1CC(C(=O)O)Oc2ccccc21. The summed E-state index contributed by atoms with van der Waals surface area (Å²) in [5.41, 5.74) is 0.721. The molecule has 21 heavy (non-hydrogen) atoms. The molecule has 2 aliphatic rings. The summed E-state index contributed by atoms with van der Waals surface area (Å²) < 4.78 is 5.41. The molecule has 1 fully saturated rings. The molecule has 0 radical (unpaired) electrons. The van der Waals surface area contributed by atoms with Crippen LogP contribution in [-0.2, 0) is 4.79 Å². The second-order valence-electron chi connectivity index (χ2n) is 6.22. The molecule has 1 aromatic rings. The zero-order valence-corrected chi connectivity index (χ0v) is 12.0. The highest BCUT2D eigenvalue weighted by Gasteiger charge is 2.47. The number of ether oxygens (including phenoxy) is 1. The number of amides is 2. The summed E-state index contributed by atoms with van der Waals surface area (Å²) in [6.07, 6.45) is -0.106. The first-order valence-electron chi connectivity index (χ1n) is 6.95. The number of anilines is 1. The molecule has 112 valence electrons. The van der Waals surface area contributed by atoms with Crippen LogP contribution >= 0.6 is 0 Å². The fourth-order valence-electron chi connectivity index (χ4n) is 2.50. The molecule has 2 atom stereocenters. The Bertz CT molecular complexity index is 599. The summed E-state index contributed by atoms with van der Waals surface area (Å²) in [5.74, 6) is -0.657. The van der Waals surface area contributed by atoms with Crippen LogP contribution in [0.25, 0.3) is 0 Å². The number of carbonyl (C=O) groups excluding carboxylic acids is 1. The molecule has 0 spiro atoms. The molecule has 0 bridgehead atoms. The van der Waals surface area contributed by atoms with E-state index in [0.29, 0.717) is 11.4 Å². The molecule has 2 amide bonds. The zero-order valence-electron chi connectivity index (χ0n) is 12.0. The maximum absolute atomic E-state index is 12.4. The number of nitrogens with zero attached hydrogens (tertiary/aromatic N) is 1. The minimum atomic E-state index is -1.07. The maximum Gasteiger partial charge on any atom is 0.346 e. The number of carboxylic acid groups (broad SMARTS) is 1. The van der Waals surface area contributed by atoms with Gasteiger partial charge < -0.3 is 15.2 Å². The van der Waals surface area contributed by atoms with Crippen molar-refractivity contribution in [2.24, 2.45) is 5.41 Å². The minimum absolute atomic E-state index is 0.00529. The molecule has 1 aromatic carbocycles. The van der Waals surface area contributed by atoms with Gasteiger partial charge in [0.2, 0.25) is 6.10 Å². The van der Waals surface area contributed by atoms with Gasteiger partial charge in [-0.05, 0) is 24.0 Å². The van der Waals surface area contributed by atoms with Crippen LogP contribution in [0.1, 0.15) is 20.3 Å². The van der Waals surface area contributed by atoms with E-state index in [2.05, 4.69) is 19.2 Å². The van der Waals surface area contributed by atoms with Crippen LogP contribution in [0, 0.1) is 5.41 Å². The van der Waals surface area contributed by atoms with Crippen LogP contribution in [0.2, 0.25) is 0 Å². The van der Waals surface area contributed by atoms with Crippen molar-refractivity contribution in [3.05, 3.63) is 24.3 Å². The molecule has 2 N–H and O–H groups in total. The van der Waals surface area contributed by atoms with Gasteiger partial charge in [-0.25, -0.2) is 9.59 Å². The Hall–Kier alpha value is -2.24. The number of aliphatic carboxylic acids is 1. The van der Waals surface area contributed by atoms with Crippen molar-refractivity contribution >= 4 is 17.7 Å². The van der Waals surface area contributed by atoms with Gasteiger partial charge in [-0.3, -0.25) is 4.90 Å². The maximum atomic E-state index is 12.4. The van der Waals surface area contributed by atoms with Crippen molar-refractivity contribution in [1.82, 2.24) is 5.32 Å². The average Bonchev–Trinajstić information content (AvgIpc) is 3.04. The lowest BCUT2D eigenvalue weighted by molar-refractivity contribution is -0.144. The molecule has 0 aromatic heterocycles. The summed E-state index contributed by atoms with van der Waals surface area (Å²) in [6.45, 7) is 4.18. The lowest BCUT2D eigenvalue weighted by atomic mass is 10.2. The summed E-state index contributed by atoms with van der Waals surface area (Å²) in [6, 6.07) is 6.85. The Morgan fingerprint density at radius 1 is 1.38 bits per heavy atom. The third-order valence-corrected chi connectivity index (χ3v) is 4.11. The molecule has 1 aliphatic carbocycles. The minimum Gasteiger partial charge on any atom is -0.478 e. The number of fused-ring (bicyclic) bond motifs is 1. The third kappa shape index (κ3) is 2.53. The number of rotatable bonds is 2. The van der Waals surface area contributed by atoms with Gasteiger partial charge >= 0.3 is 12.0 Å². The van der Waals surface area contributed by atoms with Crippen molar-refractivity contribution in [1.29, 1.82) is 0 Å². The van der Waals surface area contributed by atoms with Gasteiger partial charge in [0.1, 0.15) is 5.75 Å². The number of urea groups is 1. The van der Waals surface area contributed by atoms with E-state index in [-0.39, 0.29) is 24.0 Å². The Kier molecular flexibility index (Phi) is 3.04. The van der Waals surface area contributed by atoms with E-state index in [1.807, 2.05) is 0 Å². The lowest BCUT2D eigenvalue weighted by Gasteiger charge is -2.33. The Morgan fingerprint density at radius 2 is 2.05 bits per heavy atom. The fraction of sp³-hybridized carbons (Fsp3) is 0.467. The van der Waals surface area contributed by atoms with E-state index in [1.165, 1.54) is 4.90 Å². The molecule has 1 heterocycles. The van der Waals surface area contributed by atoms with E-state index in [9.17, 15) is 9.59 Å². The molecule has 0 saturated heterocycles. The van der Waals surface area contributed by atoms with Crippen LogP contribution in [0.3, 0.4) is 0 Å². The summed E-state index contributed by atoms with van der Waals surface area (Å²) in [4.78, 5) is 25.1. The molecule has 2 unspecified atom stereocenters. The van der Waals surface area contributed by atoms with Crippen LogP contribution in [-0.4, -0.2) is 35.8 Å². The normalized spacial score (nSPS) is 25.5. The van der Waals surface area contributed by atoms with Crippen molar-refractivity contribution in [2.45, 2.75) is 32.4 Å². The van der Waals surface area contributed by atoms with Gasteiger partial charge in [-0.15, -0.1) is 0 Å². The number of benzene rings is 1. The first-order valence-corrected chi connectivity index (χ1v) is 6.95. The van der Waals surface area contributed by atoms with Crippen LogP contribution in [0.15, 0.2) is 24.3 Å². The summed E-state index contributed by atoms with van der Waals surface area (Å²) in [5, 5.41) is 12.1. The lowest BCUT2D eigenvalue weighted by Crippen LogP contribution is -2.51. The van der Waals surface area contributed by atoms with Gasteiger partial charge in [0, 0.05) is 6.04 Å². The van der Waals surface area contributed by atoms with Gasteiger partial charge in [0.05, 0.1) is 12.2 Å². The van der Waals surface area contributed by atoms with Crippen molar-refractivity contribution in [3.63, 3.8) is 0 Å². The predicted octanol–water partition coefficient (Wildman–Crippen LogP) is 1.85. The fourth-order valence-corrected chi connectivity index (χ4v) is 2.50. The van der Waals surface area contributed by atoms with E-state index >= 15 is 0 Å².